The number of aryl methyl sites for hydroxylation is 1. The van der Waals surface area contributed by atoms with Crippen molar-refractivity contribution in [2.75, 3.05) is 6.61 Å². The minimum atomic E-state index is -0.790. The van der Waals surface area contributed by atoms with Gasteiger partial charge in [-0.2, -0.15) is 5.26 Å². The van der Waals surface area contributed by atoms with Crippen LogP contribution in [0.15, 0.2) is 11.6 Å². The van der Waals surface area contributed by atoms with Crippen molar-refractivity contribution in [2.24, 2.45) is 5.92 Å². The molecule has 124 valence electrons. The average Bonchev–Trinajstić information content (AvgIpc) is 3.03. The van der Waals surface area contributed by atoms with Gasteiger partial charge in [0.15, 0.2) is 0 Å². The van der Waals surface area contributed by atoms with E-state index in [4.69, 9.17) is 27.9 Å². The zero-order valence-electron chi connectivity index (χ0n) is 13.5. The van der Waals surface area contributed by atoms with Gasteiger partial charge in [-0.1, -0.05) is 6.92 Å². The van der Waals surface area contributed by atoms with Gasteiger partial charge < -0.3 is 9.30 Å². The summed E-state index contributed by atoms with van der Waals surface area (Å²) in [6.45, 7) is 7.15. The highest BCUT2D eigenvalue weighted by Gasteiger charge is 2.52. The van der Waals surface area contributed by atoms with Crippen LogP contribution in [0.4, 0.5) is 0 Å². The van der Waals surface area contributed by atoms with E-state index in [0.717, 1.165) is 29.9 Å². The van der Waals surface area contributed by atoms with Gasteiger partial charge in [-0.25, -0.2) is 4.79 Å². The van der Waals surface area contributed by atoms with Crippen LogP contribution < -0.4 is 0 Å². The first kappa shape index (κ1) is 17.9. The Morgan fingerprint density at radius 1 is 1.57 bits per heavy atom. The predicted molar refractivity (Wildman–Crippen MR) is 91.3 cm³/mol. The van der Waals surface area contributed by atoms with Crippen molar-refractivity contribution in [1.82, 2.24) is 4.57 Å². The maximum Gasteiger partial charge on any atom is 0.348 e. The molecule has 4 nitrogen and oxygen atoms in total. The molecule has 1 aromatic rings. The van der Waals surface area contributed by atoms with Crippen molar-refractivity contribution >= 4 is 35.2 Å². The summed E-state index contributed by atoms with van der Waals surface area (Å²) in [5, 5.41) is 9.23. The van der Waals surface area contributed by atoms with Gasteiger partial charge in [-0.3, -0.25) is 0 Å². The Bertz CT molecular complexity index is 684. The van der Waals surface area contributed by atoms with E-state index < -0.39 is 10.3 Å². The van der Waals surface area contributed by atoms with Crippen molar-refractivity contribution in [3.8, 4) is 6.07 Å². The minimum Gasteiger partial charge on any atom is -0.461 e. The monoisotopic (exact) mass is 354 g/mol. The summed E-state index contributed by atoms with van der Waals surface area (Å²) < 4.78 is 6.53. The van der Waals surface area contributed by atoms with Gasteiger partial charge in [0.25, 0.3) is 0 Å². The Morgan fingerprint density at radius 2 is 2.22 bits per heavy atom. The lowest BCUT2D eigenvalue weighted by molar-refractivity contribution is -0.138. The maximum absolute atomic E-state index is 12.0. The Labute approximate surface area is 146 Å². The fourth-order valence-electron chi connectivity index (χ4n) is 2.54. The van der Waals surface area contributed by atoms with Gasteiger partial charge in [-0.05, 0) is 44.4 Å². The van der Waals surface area contributed by atoms with Crippen LogP contribution in [-0.4, -0.2) is 21.5 Å². The van der Waals surface area contributed by atoms with Crippen LogP contribution in [0.1, 0.15) is 36.7 Å². The molecule has 0 radical (unpaired) electrons. The molecule has 6 heteroatoms. The van der Waals surface area contributed by atoms with Crippen LogP contribution in [0, 0.1) is 31.1 Å². The molecule has 1 atom stereocenters. The molecule has 1 fully saturated rings. The summed E-state index contributed by atoms with van der Waals surface area (Å²) in [6.07, 6.45) is 3.21. The molecule has 2 rings (SSSR count). The van der Waals surface area contributed by atoms with E-state index in [0.29, 0.717) is 6.42 Å². The summed E-state index contributed by atoms with van der Waals surface area (Å²) in [5.41, 5.74) is 2.98. The van der Waals surface area contributed by atoms with E-state index in [1.54, 1.807) is 6.08 Å². The molecular formula is C17H20Cl2N2O2. The number of rotatable bonds is 6. The van der Waals surface area contributed by atoms with E-state index in [1.807, 2.05) is 26.0 Å². The third kappa shape index (κ3) is 4.10. The molecule has 1 aliphatic rings. The second kappa shape index (κ2) is 6.98. The number of esters is 1. The van der Waals surface area contributed by atoms with Crippen molar-refractivity contribution in [3.63, 3.8) is 0 Å². The molecule has 1 aliphatic carbocycles. The van der Waals surface area contributed by atoms with E-state index in [-0.39, 0.29) is 18.1 Å². The first-order valence-corrected chi connectivity index (χ1v) is 8.39. The molecule has 1 aromatic heterocycles. The van der Waals surface area contributed by atoms with Crippen LogP contribution in [0.3, 0.4) is 0 Å². The van der Waals surface area contributed by atoms with E-state index in [1.165, 1.54) is 0 Å². The number of hydrogen-bond donors (Lipinski definition) is 0. The molecule has 0 aromatic carbocycles. The smallest absolute Gasteiger partial charge is 0.348 e. The molecule has 0 amide bonds. The highest BCUT2D eigenvalue weighted by molar-refractivity contribution is 6.50. The molecule has 0 saturated heterocycles. The second-order valence-corrected chi connectivity index (χ2v) is 7.45. The largest absolute Gasteiger partial charge is 0.461 e. The molecule has 0 unspecified atom stereocenters. The fraction of sp³-hybridized carbons (Fsp3) is 0.529. The number of halogens is 2. The summed E-state index contributed by atoms with van der Waals surface area (Å²) in [6, 6.07) is 3.89. The zero-order valence-corrected chi connectivity index (χ0v) is 15.0. The van der Waals surface area contributed by atoms with Gasteiger partial charge >= 0.3 is 5.97 Å². The number of ether oxygens (including phenoxy) is 1. The second-order valence-electron chi connectivity index (χ2n) is 5.91. The van der Waals surface area contributed by atoms with Crippen molar-refractivity contribution in [3.05, 3.63) is 28.6 Å². The lowest BCUT2D eigenvalue weighted by Crippen LogP contribution is -2.11. The standard InChI is InChI=1S/C17H20Cl2N2O2/c1-4-5-21-11(2)6-13(12(21)3)7-14(9-20)16(22)23-10-15-8-17(15,18)19/h6-7,15H,4-5,8,10H2,1-3H3/b14-7+/t15-/m1/s1. The van der Waals surface area contributed by atoms with Gasteiger partial charge in [0, 0.05) is 23.9 Å². The molecule has 1 saturated carbocycles. The Hall–Kier alpha value is -1.44. The van der Waals surface area contributed by atoms with Gasteiger partial charge in [0.1, 0.15) is 16.0 Å². The van der Waals surface area contributed by atoms with Gasteiger partial charge in [-0.15, -0.1) is 23.2 Å². The van der Waals surface area contributed by atoms with Crippen molar-refractivity contribution in [1.29, 1.82) is 5.26 Å². The van der Waals surface area contributed by atoms with E-state index in [2.05, 4.69) is 11.5 Å². The lowest BCUT2D eigenvalue weighted by Gasteiger charge is -2.07. The first-order chi connectivity index (χ1) is 10.8. The summed E-state index contributed by atoms with van der Waals surface area (Å²) in [7, 11) is 0. The number of aromatic nitrogens is 1. The molecule has 0 spiro atoms. The highest BCUT2D eigenvalue weighted by Crippen LogP contribution is 2.53. The van der Waals surface area contributed by atoms with Crippen LogP contribution in [0.5, 0.6) is 0 Å². The summed E-state index contributed by atoms with van der Waals surface area (Å²) in [5.74, 6) is -0.687. The van der Waals surface area contributed by atoms with Gasteiger partial charge in [0.05, 0.1) is 6.61 Å². The first-order valence-electron chi connectivity index (χ1n) is 7.63. The fourth-order valence-corrected chi connectivity index (χ4v) is 3.04. The Morgan fingerprint density at radius 3 is 2.74 bits per heavy atom. The van der Waals surface area contributed by atoms with Crippen LogP contribution in [0.2, 0.25) is 0 Å². The normalized spacial score (nSPS) is 19.3. The molecule has 0 N–H and O–H groups in total. The molecule has 0 bridgehead atoms. The number of nitrogens with zero attached hydrogens (tertiary/aromatic N) is 2. The molecule has 1 heterocycles. The maximum atomic E-state index is 12.0. The molecule has 23 heavy (non-hydrogen) atoms. The highest BCUT2D eigenvalue weighted by atomic mass is 35.5. The quantitative estimate of drug-likeness (QED) is 0.333. The predicted octanol–water partition coefficient (Wildman–Crippen LogP) is 4.16. The van der Waals surface area contributed by atoms with Gasteiger partial charge in [0.2, 0.25) is 0 Å². The Balaban J connectivity index is 2.11. The number of carbonyl (C=O) groups is 1. The van der Waals surface area contributed by atoms with Crippen molar-refractivity contribution in [2.45, 2.75) is 44.5 Å². The van der Waals surface area contributed by atoms with Crippen LogP contribution >= 0.6 is 23.2 Å². The zero-order chi connectivity index (χ0) is 17.2. The number of carbonyl (C=O) groups excluding carboxylic acids is 1. The third-order valence-electron chi connectivity index (χ3n) is 4.07. The molecule has 0 aliphatic heterocycles. The summed E-state index contributed by atoms with van der Waals surface area (Å²) >= 11 is 11.8. The summed E-state index contributed by atoms with van der Waals surface area (Å²) in [4.78, 5) is 12.0. The van der Waals surface area contributed by atoms with Crippen LogP contribution in [-0.2, 0) is 16.1 Å². The van der Waals surface area contributed by atoms with Crippen LogP contribution in [0.25, 0.3) is 6.08 Å². The number of nitriles is 1. The van der Waals surface area contributed by atoms with Crippen molar-refractivity contribution < 1.29 is 9.53 Å². The average molecular weight is 355 g/mol. The topological polar surface area (TPSA) is 55.0 Å². The number of hydrogen-bond acceptors (Lipinski definition) is 3. The minimum absolute atomic E-state index is 0.0165. The number of alkyl halides is 2. The molecular weight excluding hydrogens is 335 g/mol. The SMILES string of the molecule is CCCn1c(C)cc(/C=C(\C#N)C(=O)OC[C@H]2CC2(Cl)Cl)c1C. The third-order valence-corrected chi connectivity index (χ3v) is 5.00. The Kier molecular flexibility index (Phi) is 5.44. The van der Waals surface area contributed by atoms with E-state index >= 15 is 0 Å². The van der Waals surface area contributed by atoms with E-state index in [9.17, 15) is 10.1 Å². The lowest BCUT2D eigenvalue weighted by atomic mass is 10.1.